The summed E-state index contributed by atoms with van der Waals surface area (Å²) in [6, 6.07) is 11.9. The molecule has 1 fully saturated rings. The summed E-state index contributed by atoms with van der Waals surface area (Å²) in [6.45, 7) is 0. The van der Waals surface area contributed by atoms with Crippen LogP contribution in [-0.4, -0.2) is 32.2 Å². The van der Waals surface area contributed by atoms with Crippen molar-refractivity contribution in [2.75, 3.05) is 0 Å². The summed E-state index contributed by atoms with van der Waals surface area (Å²) in [7, 11) is 2.00. The van der Waals surface area contributed by atoms with Crippen molar-refractivity contribution in [2.24, 2.45) is 12.0 Å². The van der Waals surface area contributed by atoms with Gasteiger partial charge in [0.1, 0.15) is 11.4 Å². The Hall–Kier alpha value is -2.93. The number of pyridine rings is 2. The van der Waals surface area contributed by atoms with Crippen molar-refractivity contribution in [1.29, 1.82) is 0 Å². The average molecular weight is 418 g/mol. The maximum Gasteiger partial charge on any atom is 0.270 e. The fourth-order valence-corrected chi connectivity index (χ4v) is 5.08. The minimum absolute atomic E-state index is 0.119. The van der Waals surface area contributed by atoms with Crippen molar-refractivity contribution >= 4 is 29.2 Å². The Bertz CT molecular complexity index is 1120. The van der Waals surface area contributed by atoms with E-state index in [-0.39, 0.29) is 11.9 Å². The first kappa shape index (κ1) is 19.1. The number of nitrogens with zero attached hydrogens (tertiary/aromatic N) is 4. The number of aromatic nitrogens is 3. The van der Waals surface area contributed by atoms with Crippen molar-refractivity contribution in [3.63, 3.8) is 0 Å². The fraction of sp³-hybridized carbons (Fsp3) is 0.304. The molecule has 1 aliphatic heterocycles. The molecule has 0 saturated heterocycles. The van der Waals surface area contributed by atoms with Crippen molar-refractivity contribution in [3.8, 4) is 0 Å². The van der Waals surface area contributed by atoms with E-state index in [9.17, 15) is 4.79 Å². The average Bonchev–Trinajstić information content (AvgIpc) is 3.04. The second-order valence-electron chi connectivity index (χ2n) is 7.74. The Morgan fingerprint density at radius 1 is 1.10 bits per heavy atom. The van der Waals surface area contributed by atoms with Crippen LogP contribution in [0.1, 0.15) is 54.0 Å². The van der Waals surface area contributed by atoms with Crippen LogP contribution in [0.5, 0.6) is 0 Å². The lowest BCUT2D eigenvalue weighted by molar-refractivity contribution is 0.0922. The Kier molecular flexibility index (Phi) is 5.12. The monoisotopic (exact) mass is 417 g/mol. The molecule has 1 N–H and O–H groups in total. The number of amides is 1. The summed E-state index contributed by atoms with van der Waals surface area (Å²) < 4.78 is 2.05. The third kappa shape index (κ3) is 3.65. The molecule has 0 unspecified atom stereocenters. The summed E-state index contributed by atoms with van der Waals surface area (Å²) in [6.07, 6.45) is 9.49. The van der Waals surface area contributed by atoms with Crippen molar-refractivity contribution in [2.45, 2.75) is 47.9 Å². The largest absolute Gasteiger partial charge is 0.348 e. The summed E-state index contributed by atoms with van der Waals surface area (Å²) in [5, 5.41) is 3.15. The van der Waals surface area contributed by atoms with Crippen LogP contribution in [0.4, 0.5) is 5.82 Å². The summed E-state index contributed by atoms with van der Waals surface area (Å²) in [5.74, 6) is 0.444. The van der Waals surface area contributed by atoms with E-state index in [1.165, 1.54) is 19.3 Å². The van der Waals surface area contributed by atoms with Crippen LogP contribution in [0.2, 0.25) is 0 Å². The lowest BCUT2D eigenvalue weighted by Gasteiger charge is -2.22. The van der Waals surface area contributed by atoms with Crippen molar-refractivity contribution in [3.05, 3.63) is 65.9 Å². The van der Waals surface area contributed by atoms with Crippen LogP contribution >= 0.6 is 11.8 Å². The molecule has 5 rings (SSSR count). The molecule has 3 aromatic rings. The Balaban J connectivity index is 1.53. The molecule has 0 aromatic carbocycles. The highest BCUT2D eigenvalue weighted by Crippen LogP contribution is 2.40. The summed E-state index contributed by atoms with van der Waals surface area (Å²) in [4.78, 5) is 28.9. The first-order valence-corrected chi connectivity index (χ1v) is 11.2. The van der Waals surface area contributed by atoms with Crippen LogP contribution < -0.4 is 5.32 Å². The number of aliphatic imine (C=N–C) groups is 1. The number of hydrogen-bond acceptors (Lipinski definition) is 5. The Morgan fingerprint density at radius 2 is 1.97 bits per heavy atom. The van der Waals surface area contributed by atoms with Crippen molar-refractivity contribution in [1.82, 2.24) is 19.9 Å². The van der Waals surface area contributed by atoms with Gasteiger partial charge in [-0.3, -0.25) is 9.78 Å². The van der Waals surface area contributed by atoms with Gasteiger partial charge in [-0.2, -0.15) is 0 Å². The lowest BCUT2D eigenvalue weighted by Crippen LogP contribution is -2.36. The predicted molar refractivity (Wildman–Crippen MR) is 118 cm³/mol. The number of carbonyl (C=O) groups excluding carboxylic acids is 1. The van der Waals surface area contributed by atoms with Gasteiger partial charge in [-0.1, -0.05) is 37.1 Å². The van der Waals surface area contributed by atoms with Gasteiger partial charge in [0.05, 0.1) is 16.3 Å². The van der Waals surface area contributed by atoms with Gasteiger partial charge >= 0.3 is 0 Å². The Labute approximate surface area is 179 Å². The maximum atomic E-state index is 12.8. The van der Waals surface area contributed by atoms with E-state index in [4.69, 9.17) is 4.99 Å². The normalized spacial score (nSPS) is 16.2. The van der Waals surface area contributed by atoms with Gasteiger partial charge in [-0.05, 0) is 43.2 Å². The van der Waals surface area contributed by atoms with E-state index in [2.05, 4.69) is 25.9 Å². The highest BCUT2D eigenvalue weighted by molar-refractivity contribution is 7.99. The first-order chi connectivity index (χ1) is 14.7. The van der Waals surface area contributed by atoms with Gasteiger partial charge in [-0.15, -0.1) is 0 Å². The highest BCUT2D eigenvalue weighted by Gasteiger charge is 2.24. The number of carbonyl (C=O) groups is 1. The standard InChI is InChI=1S/C23H23N5OS/c1-28-14-12-18-21(28)20(16-9-5-6-13-24-16)27-22-19(30-18)11-10-17(26-22)23(29)25-15-7-3-2-4-8-15/h5-6,9-15H,2-4,7-8H2,1H3,(H,25,29). The number of nitrogens with one attached hydrogen (secondary N) is 1. The van der Waals surface area contributed by atoms with Crippen LogP contribution in [-0.2, 0) is 7.05 Å². The molecule has 0 radical (unpaired) electrons. The van der Waals surface area contributed by atoms with E-state index in [0.29, 0.717) is 11.5 Å². The van der Waals surface area contributed by atoms with E-state index >= 15 is 0 Å². The molecule has 0 bridgehead atoms. The second kappa shape index (κ2) is 8.07. The van der Waals surface area contributed by atoms with E-state index in [1.807, 2.05) is 37.5 Å². The van der Waals surface area contributed by atoms with Gasteiger partial charge in [0.15, 0.2) is 5.82 Å². The van der Waals surface area contributed by atoms with Crippen molar-refractivity contribution < 1.29 is 4.79 Å². The molecule has 2 aliphatic rings. The zero-order chi connectivity index (χ0) is 20.5. The van der Waals surface area contributed by atoms with E-state index in [0.717, 1.165) is 39.7 Å². The van der Waals surface area contributed by atoms with Crippen LogP contribution in [0.25, 0.3) is 0 Å². The van der Waals surface area contributed by atoms with Crippen LogP contribution in [0.3, 0.4) is 0 Å². The van der Waals surface area contributed by atoms with E-state index in [1.54, 1.807) is 24.0 Å². The maximum absolute atomic E-state index is 12.8. The number of hydrogen-bond donors (Lipinski definition) is 1. The van der Waals surface area contributed by atoms with E-state index < -0.39 is 0 Å². The summed E-state index contributed by atoms with van der Waals surface area (Å²) in [5.41, 5.74) is 2.97. The molecule has 1 amide bonds. The minimum atomic E-state index is -0.119. The fourth-order valence-electron chi connectivity index (χ4n) is 4.06. The third-order valence-electron chi connectivity index (χ3n) is 5.62. The lowest BCUT2D eigenvalue weighted by atomic mass is 9.95. The highest BCUT2D eigenvalue weighted by atomic mass is 32.2. The molecule has 152 valence electrons. The number of fused-ring (bicyclic) bond motifs is 2. The third-order valence-corrected chi connectivity index (χ3v) is 6.71. The molecule has 3 aromatic heterocycles. The Morgan fingerprint density at radius 3 is 2.77 bits per heavy atom. The number of rotatable bonds is 3. The minimum Gasteiger partial charge on any atom is -0.348 e. The van der Waals surface area contributed by atoms with Gasteiger partial charge in [0, 0.05) is 30.4 Å². The van der Waals surface area contributed by atoms with Gasteiger partial charge in [0.25, 0.3) is 5.91 Å². The van der Waals surface area contributed by atoms with Gasteiger partial charge in [0.2, 0.25) is 0 Å². The SMILES string of the molecule is Cn1ccc2c1C(c1ccccn1)=Nc1nc(C(=O)NC3CCCCC3)ccc1S2. The van der Waals surface area contributed by atoms with Crippen LogP contribution in [0.15, 0.2) is 63.6 Å². The zero-order valence-electron chi connectivity index (χ0n) is 16.8. The summed E-state index contributed by atoms with van der Waals surface area (Å²) >= 11 is 1.62. The predicted octanol–water partition coefficient (Wildman–Crippen LogP) is 4.51. The second-order valence-corrected chi connectivity index (χ2v) is 8.83. The molecule has 1 aliphatic carbocycles. The molecule has 7 heteroatoms. The first-order valence-electron chi connectivity index (χ1n) is 10.3. The molecular weight excluding hydrogens is 394 g/mol. The molecule has 0 spiro atoms. The molecule has 0 atom stereocenters. The molecule has 1 saturated carbocycles. The topological polar surface area (TPSA) is 72.2 Å². The quantitative estimate of drug-likeness (QED) is 0.532. The molecule has 4 heterocycles. The van der Waals surface area contributed by atoms with Gasteiger partial charge in [-0.25, -0.2) is 9.98 Å². The molecule has 30 heavy (non-hydrogen) atoms. The number of aryl methyl sites for hydroxylation is 1. The van der Waals surface area contributed by atoms with Gasteiger partial charge < -0.3 is 9.88 Å². The van der Waals surface area contributed by atoms with Crippen LogP contribution in [0, 0.1) is 0 Å². The molecular formula is C23H23N5OS. The zero-order valence-corrected chi connectivity index (χ0v) is 17.7. The smallest absolute Gasteiger partial charge is 0.270 e. The molecule has 6 nitrogen and oxygen atoms in total.